The number of nitrogens with one attached hydrogen (secondary N) is 1. The molecule has 3 aromatic rings. The molecule has 10 heteroatoms. The second-order valence-electron chi connectivity index (χ2n) is 9.55. The number of carbonyl (C=O) groups is 1. The van der Waals surface area contributed by atoms with Crippen LogP contribution < -0.4 is 5.48 Å². The molecular weight excluding hydrogens is 512 g/mol. The fraction of sp³-hybridized carbons (Fsp3) is 0.481. The SMILES string of the molecule is CCCc1ccc(-c2nc3ccc(S(=O)(=O)C4(C(=O)NOC5CCCCO5)CCOCC4)cc3s2)cc1. The lowest BCUT2D eigenvalue weighted by molar-refractivity contribution is -0.202. The number of thiazole rings is 1. The Morgan fingerprint density at radius 3 is 2.62 bits per heavy atom. The predicted molar refractivity (Wildman–Crippen MR) is 142 cm³/mol. The molecule has 1 N–H and O–H groups in total. The van der Waals surface area contributed by atoms with E-state index in [4.69, 9.17) is 19.3 Å². The highest BCUT2D eigenvalue weighted by molar-refractivity contribution is 7.93. The van der Waals surface area contributed by atoms with Crippen LogP contribution >= 0.6 is 11.3 Å². The van der Waals surface area contributed by atoms with E-state index in [-0.39, 0.29) is 31.0 Å². The Bertz CT molecular complexity index is 1340. The van der Waals surface area contributed by atoms with E-state index in [0.717, 1.165) is 46.5 Å². The summed E-state index contributed by atoms with van der Waals surface area (Å²) < 4.78 is 38.0. The van der Waals surface area contributed by atoms with Gasteiger partial charge in [0, 0.05) is 31.8 Å². The fourth-order valence-electron chi connectivity index (χ4n) is 4.86. The lowest BCUT2D eigenvalue weighted by Gasteiger charge is -2.35. The molecule has 2 saturated heterocycles. The van der Waals surface area contributed by atoms with Crippen LogP contribution in [0.2, 0.25) is 0 Å². The molecule has 2 aromatic carbocycles. The van der Waals surface area contributed by atoms with Gasteiger partial charge in [-0.2, -0.15) is 0 Å². The number of carbonyl (C=O) groups excluding carboxylic acids is 1. The second-order valence-corrected chi connectivity index (χ2v) is 12.8. The normalized spacial score (nSPS) is 20.1. The van der Waals surface area contributed by atoms with Crippen molar-refractivity contribution < 1.29 is 27.5 Å². The van der Waals surface area contributed by atoms with E-state index in [9.17, 15) is 13.2 Å². The van der Waals surface area contributed by atoms with Gasteiger partial charge >= 0.3 is 0 Å². The molecule has 5 rings (SSSR count). The quantitative estimate of drug-likeness (QED) is 0.406. The molecule has 37 heavy (non-hydrogen) atoms. The van der Waals surface area contributed by atoms with E-state index < -0.39 is 26.8 Å². The van der Waals surface area contributed by atoms with E-state index in [2.05, 4.69) is 36.7 Å². The van der Waals surface area contributed by atoms with Gasteiger partial charge in [-0.15, -0.1) is 11.3 Å². The van der Waals surface area contributed by atoms with Gasteiger partial charge in [0.2, 0.25) is 0 Å². The molecule has 0 aliphatic carbocycles. The van der Waals surface area contributed by atoms with Crippen molar-refractivity contribution in [2.45, 2.75) is 67.8 Å². The lowest BCUT2D eigenvalue weighted by atomic mass is 9.98. The molecule has 0 bridgehead atoms. The number of aromatic nitrogens is 1. The Morgan fingerprint density at radius 1 is 1.14 bits per heavy atom. The summed E-state index contributed by atoms with van der Waals surface area (Å²) in [6.45, 7) is 3.05. The largest absolute Gasteiger partial charge is 0.381 e. The van der Waals surface area contributed by atoms with E-state index in [1.165, 1.54) is 16.9 Å². The number of hydrogen-bond donors (Lipinski definition) is 1. The Hall–Kier alpha value is -2.37. The summed E-state index contributed by atoms with van der Waals surface area (Å²) in [5.74, 6) is -0.678. The summed E-state index contributed by atoms with van der Waals surface area (Å²) in [6.07, 6.45) is 4.16. The van der Waals surface area contributed by atoms with Gasteiger partial charge in [-0.25, -0.2) is 23.7 Å². The maximum Gasteiger partial charge on any atom is 0.265 e. The number of benzene rings is 2. The monoisotopic (exact) mass is 544 g/mol. The third-order valence-corrected chi connectivity index (χ3v) is 10.6. The van der Waals surface area contributed by atoms with Crippen LogP contribution in [0.15, 0.2) is 47.4 Å². The molecule has 1 aromatic heterocycles. The molecule has 1 amide bonds. The van der Waals surface area contributed by atoms with Gasteiger partial charge in [-0.3, -0.25) is 4.79 Å². The first kappa shape index (κ1) is 26.2. The van der Waals surface area contributed by atoms with Crippen LogP contribution in [0.25, 0.3) is 20.8 Å². The van der Waals surface area contributed by atoms with Crippen LogP contribution in [0.1, 0.15) is 51.0 Å². The van der Waals surface area contributed by atoms with Crippen LogP contribution in [0.5, 0.6) is 0 Å². The Labute approximate surface area is 221 Å². The first-order valence-corrected chi connectivity index (χ1v) is 15.1. The number of nitrogens with zero attached hydrogens (tertiary/aromatic N) is 1. The highest BCUT2D eigenvalue weighted by Gasteiger charge is 2.52. The van der Waals surface area contributed by atoms with Gasteiger partial charge in [0.25, 0.3) is 5.91 Å². The van der Waals surface area contributed by atoms with Gasteiger partial charge in [0.15, 0.2) is 20.9 Å². The van der Waals surface area contributed by atoms with Crippen LogP contribution in [-0.2, 0) is 35.4 Å². The average Bonchev–Trinajstić information content (AvgIpc) is 3.37. The number of aryl methyl sites for hydroxylation is 1. The Balaban J connectivity index is 1.42. The molecule has 0 radical (unpaired) electrons. The van der Waals surface area contributed by atoms with Gasteiger partial charge < -0.3 is 9.47 Å². The number of amides is 1. The van der Waals surface area contributed by atoms with Gasteiger partial charge in [-0.05, 0) is 55.9 Å². The molecule has 1 unspecified atom stereocenters. The topological polar surface area (TPSA) is 104 Å². The first-order valence-electron chi connectivity index (χ1n) is 12.8. The average molecular weight is 545 g/mol. The van der Waals surface area contributed by atoms with Crippen LogP contribution in [0.3, 0.4) is 0 Å². The van der Waals surface area contributed by atoms with Crippen molar-refractivity contribution in [1.82, 2.24) is 10.5 Å². The van der Waals surface area contributed by atoms with Crippen molar-refractivity contribution >= 4 is 37.3 Å². The van der Waals surface area contributed by atoms with Crippen LogP contribution in [0.4, 0.5) is 0 Å². The third kappa shape index (κ3) is 5.31. The summed E-state index contributed by atoms with van der Waals surface area (Å²) in [5, 5.41) is 0.826. The summed E-state index contributed by atoms with van der Waals surface area (Å²) in [4.78, 5) is 23.7. The highest BCUT2D eigenvalue weighted by atomic mass is 32.2. The van der Waals surface area contributed by atoms with Crippen LogP contribution in [0, 0.1) is 0 Å². The van der Waals surface area contributed by atoms with Gasteiger partial charge in [0.05, 0.1) is 15.1 Å². The zero-order valence-corrected chi connectivity index (χ0v) is 22.5. The van der Waals surface area contributed by atoms with E-state index in [1.807, 2.05) is 0 Å². The molecule has 2 fully saturated rings. The van der Waals surface area contributed by atoms with Crippen molar-refractivity contribution in [3.8, 4) is 10.6 Å². The summed E-state index contributed by atoms with van der Waals surface area (Å²) in [5.41, 5.74) is 5.40. The van der Waals surface area contributed by atoms with Crippen molar-refractivity contribution in [1.29, 1.82) is 0 Å². The maximum atomic E-state index is 14.0. The molecule has 2 aliphatic heterocycles. The third-order valence-electron chi connectivity index (χ3n) is 7.06. The first-order chi connectivity index (χ1) is 17.9. The highest BCUT2D eigenvalue weighted by Crippen LogP contribution is 2.38. The molecule has 2 aliphatic rings. The summed E-state index contributed by atoms with van der Waals surface area (Å²) in [7, 11) is -4.07. The molecule has 0 saturated carbocycles. The zero-order valence-electron chi connectivity index (χ0n) is 20.9. The smallest absolute Gasteiger partial charge is 0.265 e. The number of ether oxygens (including phenoxy) is 2. The number of hydrogen-bond acceptors (Lipinski definition) is 8. The minimum absolute atomic E-state index is 0.0478. The lowest BCUT2D eigenvalue weighted by Crippen LogP contribution is -2.56. The number of hydroxylamine groups is 1. The van der Waals surface area contributed by atoms with E-state index in [1.54, 1.807) is 18.2 Å². The number of rotatable bonds is 8. The van der Waals surface area contributed by atoms with Gasteiger partial charge in [-0.1, -0.05) is 37.6 Å². The minimum atomic E-state index is -4.07. The van der Waals surface area contributed by atoms with Crippen molar-refractivity contribution in [3.05, 3.63) is 48.0 Å². The molecule has 3 heterocycles. The zero-order chi connectivity index (χ0) is 25.9. The molecular formula is C27H32N2O6S2. The van der Waals surface area contributed by atoms with Crippen molar-refractivity contribution in [3.63, 3.8) is 0 Å². The van der Waals surface area contributed by atoms with Crippen molar-refractivity contribution in [2.24, 2.45) is 0 Å². The van der Waals surface area contributed by atoms with Crippen molar-refractivity contribution in [2.75, 3.05) is 19.8 Å². The minimum Gasteiger partial charge on any atom is -0.381 e. The predicted octanol–water partition coefficient (Wildman–Crippen LogP) is 4.81. The second kappa shape index (κ2) is 11.2. The standard InChI is InChI=1S/C27H32N2O6S2/c1-2-5-19-7-9-20(10-8-19)25-28-22-12-11-21(18-23(22)36-25)37(31,32)27(13-16-33-17-14-27)26(30)29-35-24-6-3-4-15-34-24/h7-12,18,24H,2-6,13-17H2,1H3,(H,29,30). The summed E-state index contributed by atoms with van der Waals surface area (Å²) in [6, 6.07) is 13.2. The van der Waals surface area contributed by atoms with Crippen LogP contribution in [-0.4, -0.2) is 50.2 Å². The fourth-order valence-corrected chi connectivity index (χ4v) is 7.91. The number of sulfone groups is 1. The molecule has 0 spiro atoms. The molecule has 8 nitrogen and oxygen atoms in total. The molecule has 1 atom stereocenters. The van der Waals surface area contributed by atoms with E-state index >= 15 is 0 Å². The maximum absolute atomic E-state index is 14.0. The Kier molecular flexibility index (Phi) is 7.92. The Morgan fingerprint density at radius 2 is 1.92 bits per heavy atom. The van der Waals surface area contributed by atoms with Gasteiger partial charge in [0.1, 0.15) is 5.01 Å². The number of fused-ring (bicyclic) bond motifs is 1. The van der Waals surface area contributed by atoms with E-state index in [0.29, 0.717) is 13.0 Å². The summed E-state index contributed by atoms with van der Waals surface area (Å²) >= 11 is 1.44. The molecule has 198 valence electrons.